The third-order valence-corrected chi connectivity index (χ3v) is 6.65. The van der Waals surface area contributed by atoms with Crippen molar-refractivity contribution in [3.05, 3.63) is 63.1 Å². The molecule has 0 bridgehead atoms. The number of likely N-dealkylation sites (tertiary alicyclic amines) is 1. The minimum atomic E-state index is -0.562. The number of fused-ring (bicyclic) bond motifs is 1. The third kappa shape index (κ3) is 4.03. The number of ether oxygens (including phenoxy) is 1. The van der Waals surface area contributed by atoms with Crippen LogP contribution in [-0.4, -0.2) is 40.3 Å². The van der Waals surface area contributed by atoms with Gasteiger partial charge in [0.25, 0.3) is 0 Å². The van der Waals surface area contributed by atoms with Gasteiger partial charge in [0.05, 0.1) is 12.2 Å². The number of aliphatic hydroxyl groups is 2. The molecule has 2 aliphatic heterocycles. The minimum absolute atomic E-state index is 0.353. The fraction of sp³-hybridized carbons (Fsp3) is 0.455. The molecule has 2 unspecified atom stereocenters. The molecule has 150 valence electrons. The van der Waals surface area contributed by atoms with Gasteiger partial charge in [0, 0.05) is 41.7 Å². The number of halogens is 2. The number of hydrogen-bond donors (Lipinski definition) is 2. The highest BCUT2D eigenvalue weighted by molar-refractivity contribution is 6.31. The van der Waals surface area contributed by atoms with Gasteiger partial charge >= 0.3 is 0 Å². The van der Waals surface area contributed by atoms with Gasteiger partial charge in [-0.3, -0.25) is 0 Å². The highest BCUT2D eigenvalue weighted by Crippen LogP contribution is 2.45. The Kier molecular flexibility index (Phi) is 5.60. The van der Waals surface area contributed by atoms with Gasteiger partial charge in [-0.2, -0.15) is 0 Å². The van der Waals surface area contributed by atoms with E-state index in [0.29, 0.717) is 23.0 Å². The molecular formula is C22H25Cl2NO3. The molecule has 0 saturated carbocycles. The zero-order valence-corrected chi connectivity index (χ0v) is 17.4. The Morgan fingerprint density at radius 2 is 1.86 bits per heavy atom. The second-order valence-corrected chi connectivity index (χ2v) is 8.86. The van der Waals surface area contributed by atoms with Gasteiger partial charge in [0.15, 0.2) is 0 Å². The van der Waals surface area contributed by atoms with Crippen LogP contribution >= 0.6 is 23.2 Å². The normalized spacial score (nSPS) is 22.5. The highest BCUT2D eigenvalue weighted by atomic mass is 35.5. The first-order valence-corrected chi connectivity index (χ1v) is 10.4. The van der Waals surface area contributed by atoms with E-state index in [1.807, 2.05) is 31.2 Å². The van der Waals surface area contributed by atoms with Crippen LogP contribution in [0.4, 0.5) is 0 Å². The SMILES string of the molecule is Cc1cc2c(cc1Cl)C(O)CC1(CCN(CC(O)c3ccc(Cl)cc3)CC1)O2. The summed E-state index contributed by atoms with van der Waals surface area (Å²) >= 11 is 12.1. The maximum absolute atomic E-state index is 10.7. The fourth-order valence-corrected chi connectivity index (χ4v) is 4.54. The molecule has 6 heteroatoms. The Morgan fingerprint density at radius 1 is 1.18 bits per heavy atom. The van der Waals surface area contributed by atoms with E-state index in [4.69, 9.17) is 27.9 Å². The van der Waals surface area contributed by atoms with Crippen molar-refractivity contribution in [2.24, 2.45) is 0 Å². The molecule has 0 aliphatic carbocycles. The summed E-state index contributed by atoms with van der Waals surface area (Å²) < 4.78 is 6.40. The second-order valence-electron chi connectivity index (χ2n) is 8.01. The van der Waals surface area contributed by atoms with Crippen LogP contribution in [0.5, 0.6) is 5.75 Å². The van der Waals surface area contributed by atoms with E-state index in [0.717, 1.165) is 48.4 Å². The molecular weight excluding hydrogens is 397 g/mol. The number of rotatable bonds is 3. The lowest BCUT2D eigenvalue weighted by Gasteiger charge is -2.46. The standard InChI is InChI=1S/C22H25Cl2NO3/c1-14-10-21-17(11-18(14)24)19(26)12-22(28-21)6-8-25(9-7-22)13-20(27)15-2-4-16(23)5-3-15/h2-5,10-11,19-20,26-27H,6-9,12-13H2,1H3. The zero-order chi connectivity index (χ0) is 19.9. The summed E-state index contributed by atoms with van der Waals surface area (Å²) in [6, 6.07) is 11.1. The number of aliphatic hydroxyl groups excluding tert-OH is 2. The van der Waals surface area contributed by atoms with E-state index in [-0.39, 0.29) is 5.60 Å². The minimum Gasteiger partial charge on any atom is -0.487 e. The Balaban J connectivity index is 1.41. The molecule has 0 aromatic heterocycles. The summed E-state index contributed by atoms with van der Waals surface area (Å²) in [6.45, 7) is 4.16. The maximum atomic E-state index is 10.7. The van der Waals surface area contributed by atoms with Gasteiger partial charge in [-0.25, -0.2) is 0 Å². The lowest BCUT2D eigenvalue weighted by atomic mass is 9.81. The quantitative estimate of drug-likeness (QED) is 0.754. The Hall–Kier alpha value is -1.30. The van der Waals surface area contributed by atoms with Crippen molar-refractivity contribution in [3.63, 3.8) is 0 Å². The highest BCUT2D eigenvalue weighted by Gasteiger charge is 2.43. The summed E-state index contributed by atoms with van der Waals surface area (Å²) in [5, 5.41) is 22.5. The van der Waals surface area contributed by atoms with Gasteiger partial charge in [0.1, 0.15) is 11.4 Å². The summed E-state index contributed by atoms with van der Waals surface area (Å²) in [5.74, 6) is 0.746. The average molecular weight is 422 g/mol. The van der Waals surface area contributed by atoms with Crippen molar-refractivity contribution in [1.82, 2.24) is 4.90 Å². The molecule has 28 heavy (non-hydrogen) atoms. The van der Waals surface area contributed by atoms with Gasteiger partial charge in [-0.1, -0.05) is 35.3 Å². The summed E-state index contributed by atoms with van der Waals surface area (Å²) in [7, 11) is 0. The first-order valence-electron chi connectivity index (χ1n) is 9.68. The van der Waals surface area contributed by atoms with E-state index in [2.05, 4.69) is 4.90 Å². The number of aryl methyl sites for hydroxylation is 1. The Labute approximate surface area is 175 Å². The number of piperidine rings is 1. The average Bonchev–Trinajstić information content (AvgIpc) is 2.66. The molecule has 2 aromatic rings. The molecule has 2 aliphatic rings. The predicted octanol–water partition coefficient (Wildman–Crippen LogP) is 4.69. The van der Waals surface area contributed by atoms with Crippen LogP contribution < -0.4 is 4.74 Å². The van der Waals surface area contributed by atoms with Crippen LogP contribution in [0.2, 0.25) is 10.0 Å². The van der Waals surface area contributed by atoms with Gasteiger partial charge < -0.3 is 19.8 Å². The molecule has 2 N–H and O–H groups in total. The molecule has 4 rings (SSSR count). The van der Waals surface area contributed by atoms with Gasteiger partial charge in [0.2, 0.25) is 0 Å². The van der Waals surface area contributed by atoms with Crippen LogP contribution in [0.15, 0.2) is 36.4 Å². The smallest absolute Gasteiger partial charge is 0.126 e. The number of hydrogen-bond acceptors (Lipinski definition) is 4. The summed E-state index contributed by atoms with van der Waals surface area (Å²) in [6.07, 6.45) is 1.10. The van der Waals surface area contributed by atoms with Crippen molar-refractivity contribution in [1.29, 1.82) is 0 Å². The monoisotopic (exact) mass is 421 g/mol. The largest absolute Gasteiger partial charge is 0.487 e. The van der Waals surface area contributed by atoms with Crippen LogP contribution in [0.1, 0.15) is 48.2 Å². The zero-order valence-electron chi connectivity index (χ0n) is 15.9. The molecule has 1 spiro atoms. The van der Waals surface area contributed by atoms with Crippen LogP contribution in [0.3, 0.4) is 0 Å². The molecule has 2 aromatic carbocycles. The lowest BCUT2D eigenvalue weighted by Crippen LogP contribution is -2.51. The number of β-amino-alcohol motifs (C(OH)–C–C–N with tert-alkyl or cyclic N) is 1. The molecule has 0 amide bonds. The van der Waals surface area contributed by atoms with Crippen LogP contribution in [-0.2, 0) is 0 Å². The van der Waals surface area contributed by atoms with Crippen LogP contribution in [0, 0.1) is 6.92 Å². The fourth-order valence-electron chi connectivity index (χ4n) is 4.24. The van der Waals surface area contributed by atoms with Gasteiger partial charge in [-0.15, -0.1) is 0 Å². The van der Waals surface area contributed by atoms with Crippen molar-refractivity contribution < 1.29 is 14.9 Å². The van der Waals surface area contributed by atoms with E-state index in [1.165, 1.54) is 0 Å². The Morgan fingerprint density at radius 3 is 2.54 bits per heavy atom. The lowest BCUT2D eigenvalue weighted by molar-refractivity contribution is -0.0588. The topological polar surface area (TPSA) is 52.9 Å². The molecule has 2 heterocycles. The molecule has 2 atom stereocenters. The number of benzene rings is 2. The van der Waals surface area contributed by atoms with Crippen molar-refractivity contribution in [2.45, 2.75) is 44.0 Å². The van der Waals surface area contributed by atoms with Gasteiger partial charge in [-0.05, 0) is 55.2 Å². The molecule has 0 radical (unpaired) electrons. The Bertz CT molecular complexity index is 848. The van der Waals surface area contributed by atoms with Crippen molar-refractivity contribution >= 4 is 23.2 Å². The maximum Gasteiger partial charge on any atom is 0.126 e. The molecule has 4 nitrogen and oxygen atoms in total. The summed E-state index contributed by atoms with van der Waals surface area (Å²) in [4.78, 5) is 2.25. The second kappa shape index (κ2) is 7.85. The van der Waals surface area contributed by atoms with Crippen molar-refractivity contribution in [3.8, 4) is 5.75 Å². The first kappa shape index (κ1) is 20.0. The van der Waals surface area contributed by atoms with Crippen molar-refractivity contribution in [2.75, 3.05) is 19.6 Å². The van der Waals surface area contributed by atoms with E-state index in [1.54, 1.807) is 12.1 Å². The predicted molar refractivity (Wildman–Crippen MR) is 111 cm³/mol. The number of nitrogens with zero attached hydrogens (tertiary/aromatic N) is 1. The van der Waals surface area contributed by atoms with E-state index in [9.17, 15) is 10.2 Å². The van der Waals surface area contributed by atoms with E-state index >= 15 is 0 Å². The molecule has 1 saturated heterocycles. The first-order chi connectivity index (χ1) is 13.3. The summed E-state index contributed by atoms with van der Waals surface area (Å²) in [5.41, 5.74) is 2.25. The molecule has 1 fully saturated rings. The van der Waals surface area contributed by atoms with E-state index < -0.39 is 12.2 Å². The third-order valence-electron chi connectivity index (χ3n) is 6.00. The van der Waals surface area contributed by atoms with Crippen LogP contribution in [0.25, 0.3) is 0 Å².